The van der Waals surface area contributed by atoms with Crippen LogP contribution in [0.15, 0.2) is 46.9 Å². The quantitative estimate of drug-likeness (QED) is 0.697. The molecular weight excluding hydrogens is 350 g/mol. The molecule has 0 atom stereocenters. The van der Waals surface area contributed by atoms with Crippen LogP contribution in [-0.4, -0.2) is 5.91 Å². The van der Waals surface area contributed by atoms with E-state index in [0.717, 1.165) is 15.7 Å². The second-order valence-corrected chi connectivity index (χ2v) is 7.23. The first-order valence-electron chi connectivity index (χ1n) is 8.31. The molecule has 1 saturated carbocycles. The Bertz CT molecular complexity index is 687. The standard InChI is InChI=1S/C20H22BrNO/c1-14-7-12-18(13-19(14)21)22-20(23)17-10-8-16(9-11-17)15-5-3-2-4-6-15/h7-13,15H,2-6H2,1H3,(H,22,23). The second kappa shape index (κ2) is 7.31. The molecule has 1 aliphatic rings. The van der Waals surface area contributed by atoms with Crippen LogP contribution < -0.4 is 5.32 Å². The molecule has 0 aliphatic heterocycles. The first kappa shape index (κ1) is 16.3. The predicted octanol–water partition coefficient (Wildman–Crippen LogP) is 6.06. The van der Waals surface area contributed by atoms with Gasteiger partial charge in [-0.15, -0.1) is 0 Å². The van der Waals surface area contributed by atoms with Gasteiger partial charge in [0.2, 0.25) is 0 Å². The van der Waals surface area contributed by atoms with Crippen molar-refractivity contribution in [1.29, 1.82) is 0 Å². The molecule has 0 unspecified atom stereocenters. The zero-order valence-corrected chi connectivity index (χ0v) is 15.0. The fourth-order valence-corrected chi connectivity index (χ4v) is 3.60. The summed E-state index contributed by atoms with van der Waals surface area (Å²) in [5, 5.41) is 2.96. The van der Waals surface area contributed by atoms with Crippen molar-refractivity contribution in [2.75, 3.05) is 5.32 Å². The van der Waals surface area contributed by atoms with E-state index in [-0.39, 0.29) is 5.91 Å². The van der Waals surface area contributed by atoms with Gasteiger partial charge in [0.05, 0.1) is 0 Å². The van der Waals surface area contributed by atoms with Crippen LogP contribution in [0, 0.1) is 6.92 Å². The fraction of sp³-hybridized carbons (Fsp3) is 0.350. The highest BCUT2D eigenvalue weighted by Crippen LogP contribution is 2.32. The number of nitrogens with one attached hydrogen (secondary N) is 1. The lowest BCUT2D eigenvalue weighted by atomic mass is 9.84. The molecule has 0 saturated heterocycles. The Hall–Kier alpha value is -1.61. The Morgan fingerprint density at radius 2 is 1.74 bits per heavy atom. The van der Waals surface area contributed by atoms with E-state index in [1.807, 2.05) is 37.3 Å². The Morgan fingerprint density at radius 1 is 1.04 bits per heavy atom. The molecule has 0 aromatic heterocycles. The highest BCUT2D eigenvalue weighted by Gasteiger charge is 2.16. The molecular formula is C20H22BrNO. The van der Waals surface area contributed by atoms with Crippen LogP contribution in [-0.2, 0) is 0 Å². The number of hydrogen-bond acceptors (Lipinski definition) is 1. The lowest BCUT2D eigenvalue weighted by molar-refractivity contribution is 0.102. The van der Waals surface area contributed by atoms with Crippen LogP contribution >= 0.6 is 15.9 Å². The van der Waals surface area contributed by atoms with E-state index in [2.05, 4.69) is 33.4 Å². The number of aryl methyl sites for hydroxylation is 1. The number of carbonyl (C=O) groups excluding carboxylic acids is 1. The van der Waals surface area contributed by atoms with Gasteiger partial charge in [-0.1, -0.05) is 53.4 Å². The SMILES string of the molecule is Cc1ccc(NC(=O)c2ccc(C3CCCCC3)cc2)cc1Br. The Balaban J connectivity index is 1.68. The summed E-state index contributed by atoms with van der Waals surface area (Å²) in [7, 11) is 0. The normalized spacial score (nSPS) is 15.4. The topological polar surface area (TPSA) is 29.1 Å². The maximum absolute atomic E-state index is 12.4. The Morgan fingerprint density at radius 3 is 2.39 bits per heavy atom. The monoisotopic (exact) mass is 371 g/mol. The maximum Gasteiger partial charge on any atom is 0.255 e. The van der Waals surface area contributed by atoms with Crippen molar-refractivity contribution in [3.8, 4) is 0 Å². The molecule has 1 aliphatic carbocycles. The van der Waals surface area contributed by atoms with Crippen molar-refractivity contribution < 1.29 is 4.79 Å². The van der Waals surface area contributed by atoms with Crippen LogP contribution in [0.25, 0.3) is 0 Å². The first-order chi connectivity index (χ1) is 11.1. The summed E-state index contributed by atoms with van der Waals surface area (Å²) >= 11 is 3.49. The van der Waals surface area contributed by atoms with Crippen LogP contribution in [0.3, 0.4) is 0 Å². The minimum absolute atomic E-state index is 0.0593. The molecule has 0 spiro atoms. The van der Waals surface area contributed by atoms with E-state index in [9.17, 15) is 4.79 Å². The van der Waals surface area contributed by atoms with Crippen molar-refractivity contribution in [2.45, 2.75) is 44.9 Å². The molecule has 23 heavy (non-hydrogen) atoms. The average molecular weight is 372 g/mol. The smallest absolute Gasteiger partial charge is 0.255 e. The molecule has 1 amide bonds. The summed E-state index contributed by atoms with van der Waals surface area (Å²) in [5.74, 6) is 0.616. The molecule has 2 aromatic carbocycles. The highest BCUT2D eigenvalue weighted by molar-refractivity contribution is 9.10. The summed E-state index contributed by atoms with van der Waals surface area (Å²) in [6, 6.07) is 14.0. The summed E-state index contributed by atoms with van der Waals surface area (Å²) in [5.41, 5.74) is 4.05. The zero-order valence-electron chi connectivity index (χ0n) is 13.4. The van der Waals surface area contributed by atoms with E-state index in [0.29, 0.717) is 11.5 Å². The number of amides is 1. The maximum atomic E-state index is 12.4. The molecule has 3 heteroatoms. The van der Waals surface area contributed by atoms with Gasteiger partial charge in [-0.2, -0.15) is 0 Å². The van der Waals surface area contributed by atoms with E-state index >= 15 is 0 Å². The first-order valence-corrected chi connectivity index (χ1v) is 9.10. The predicted molar refractivity (Wildman–Crippen MR) is 99.1 cm³/mol. The van der Waals surface area contributed by atoms with Gasteiger partial charge in [0.25, 0.3) is 5.91 Å². The van der Waals surface area contributed by atoms with Gasteiger partial charge >= 0.3 is 0 Å². The van der Waals surface area contributed by atoms with Crippen LogP contribution in [0.4, 0.5) is 5.69 Å². The number of benzene rings is 2. The molecule has 0 bridgehead atoms. The van der Waals surface area contributed by atoms with Gasteiger partial charge in [0.15, 0.2) is 0 Å². The summed E-state index contributed by atoms with van der Waals surface area (Å²) < 4.78 is 1.00. The van der Waals surface area contributed by atoms with Gasteiger partial charge in [-0.3, -0.25) is 4.79 Å². The van der Waals surface area contributed by atoms with Crippen LogP contribution in [0.2, 0.25) is 0 Å². The number of carbonyl (C=O) groups is 1. The van der Waals surface area contributed by atoms with E-state index in [4.69, 9.17) is 0 Å². The average Bonchev–Trinajstić information content (AvgIpc) is 2.59. The molecule has 2 nitrogen and oxygen atoms in total. The van der Waals surface area contributed by atoms with E-state index < -0.39 is 0 Å². The number of halogens is 1. The van der Waals surface area contributed by atoms with E-state index in [1.165, 1.54) is 37.7 Å². The third-order valence-electron chi connectivity index (χ3n) is 4.68. The Kier molecular flexibility index (Phi) is 5.16. The highest BCUT2D eigenvalue weighted by atomic mass is 79.9. The third-order valence-corrected chi connectivity index (χ3v) is 5.53. The van der Waals surface area contributed by atoms with Gasteiger partial charge in [-0.25, -0.2) is 0 Å². The van der Waals surface area contributed by atoms with Gasteiger partial charge < -0.3 is 5.32 Å². The Labute approximate surface area is 146 Å². The number of hydrogen-bond donors (Lipinski definition) is 1. The fourth-order valence-electron chi connectivity index (χ4n) is 3.22. The lowest BCUT2D eigenvalue weighted by Gasteiger charge is -2.22. The van der Waals surface area contributed by atoms with Crippen LogP contribution in [0.5, 0.6) is 0 Å². The van der Waals surface area contributed by atoms with Gasteiger partial charge in [0, 0.05) is 15.7 Å². The van der Waals surface area contributed by atoms with Crippen LogP contribution in [0.1, 0.15) is 59.5 Å². The molecule has 0 heterocycles. The zero-order chi connectivity index (χ0) is 16.2. The molecule has 1 fully saturated rings. The van der Waals surface area contributed by atoms with Crippen molar-refractivity contribution >= 4 is 27.5 Å². The summed E-state index contributed by atoms with van der Waals surface area (Å²) in [4.78, 5) is 12.4. The molecule has 2 aromatic rings. The minimum Gasteiger partial charge on any atom is -0.322 e. The van der Waals surface area contributed by atoms with E-state index in [1.54, 1.807) is 0 Å². The largest absolute Gasteiger partial charge is 0.322 e. The summed E-state index contributed by atoms with van der Waals surface area (Å²) in [6.45, 7) is 2.03. The molecule has 3 rings (SSSR count). The number of rotatable bonds is 3. The van der Waals surface area contributed by atoms with Crippen molar-refractivity contribution in [1.82, 2.24) is 0 Å². The van der Waals surface area contributed by atoms with Crippen molar-refractivity contribution in [3.05, 3.63) is 63.6 Å². The lowest BCUT2D eigenvalue weighted by Crippen LogP contribution is -2.12. The van der Waals surface area contributed by atoms with Gasteiger partial charge in [0.1, 0.15) is 0 Å². The summed E-state index contributed by atoms with van der Waals surface area (Å²) in [6.07, 6.45) is 6.58. The van der Waals surface area contributed by atoms with Crippen molar-refractivity contribution in [2.24, 2.45) is 0 Å². The van der Waals surface area contributed by atoms with Gasteiger partial charge in [-0.05, 0) is 61.1 Å². The molecule has 120 valence electrons. The number of anilines is 1. The molecule has 0 radical (unpaired) electrons. The second-order valence-electron chi connectivity index (χ2n) is 6.38. The molecule has 1 N–H and O–H groups in total. The minimum atomic E-state index is -0.0593. The third kappa shape index (κ3) is 4.03. The van der Waals surface area contributed by atoms with Crippen molar-refractivity contribution in [3.63, 3.8) is 0 Å².